The molecule has 6 nitrogen and oxygen atoms in total. The molecule has 1 aromatic carbocycles. The van der Waals surface area contributed by atoms with E-state index < -0.39 is 10.2 Å². The molecular formula is C10H13N3O3S. The Bertz CT molecular complexity index is 508. The first kappa shape index (κ1) is 13.3. The summed E-state index contributed by atoms with van der Waals surface area (Å²) in [7, 11) is -3.54. The van der Waals surface area contributed by atoms with Crippen molar-refractivity contribution in [2.75, 3.05) is 17.9 Å². The van der Waals surface area contributed by atoms with Crippen molar-refractivity contribution in [3.63, 3.8) is 0 Å². The van der Waals surface area contributed by atoms with Crippen molar-refractivity contribution >= 4 is 15.9 Å². The molecule has 1 rings (SSSR count). The summed E-state index contributed by atoms with van der Waals surface area (Å²) >= 11 is 0. The first-order valence-corrected chi connectivity index (χ1v) is 6.43. The van der Waals surface area contributed by atoms with Gasteiger partial charge in [0.25, 0.3) is 10.2 Å². The van der Waals surface area contributed by atoms with Crippen LogP contribution in [0, 0.1) is 11.3 Å². The Labute approximate surface area is 100 Å². The fourth-order valence-corrected chi connectivity index (χ4v) is 2.04. The molecule has 0 saturated carbocycles. The van der Waals surface area contributed by atoms with E-state index >= 15 is 0 Å². The van der Waals surface area contributed by atoms with Gasteiger partial charge in [0.2, 0.25) is 0 Å². The number of hydrogen-bond acceptors (Lipinski definition) is 4. The second kappa shape index (κ2) is 6.08. The SMILES string of the molecule is CCNS(=O)(=O)Nc1cccc(OCC#N)c1. The maximum atomic E-state index is 11.4. The van der Waals surface area contributed by atoms with Crippen LogP contribution in [-0.4, -0.2) is 21.6 Å². The zero-order valence-corrected chi connectivity index (χ0v) is 10.1. The van der Waals surface area contributed by atoms with Gasteiger partial charge < -0.3 is 4.74 Å². The van der Waals surface area contributed by atoms with Crippen molar-refractivity contribution < 1.29 is 13.2 Å². The number of nitriles is 1. The number of ether oxygens (including phenoxy) is 1. The highest BCUT2D eigenvalue weighted by atomic mass is 32.2. The van der Waals surface area contributed by atoms with Gasteiger partial charge in [-0.3, -0.25) is 4.72 Å². The summed E-state index contributed by atoms with van der Waals surface area (Å²) in [6, 6.07) is 8.21. The molecule has 92 valence electrons. The fourth-order valence-electron chi connectivity index (χ4n) is 1.15. The molecular weight excluding hydrogens is 242 g/mol. The minimum atomic E-state index is -3.54. The van der Waals surface area contributed by atoms with Crippen LogP contribution in [0.3, 0.4) is 0 Å². The maximum absolute atomic E-state index is 11.4. The second-order valence-electron chi connectivity index (χ2n) is 3.08. The van der Waals surface area contributed by atoms with Gasteiger partial charge >= 0.3 is 0 Å². The van der Waals surface area contributed by atoms with Crippen molar-refractivity contribution in [2.45, 2.75) is 6.92 Å². The molecule has 0 bridgehead atoms. The van der Waals surface area contributed by atoms with Gasteiger partial charge in [0.05, 0.1) is 5.69 Å². The number of benzene rings is 1. The summed E-state index contributed by atoms with van der Waals surface area (Å²) in [6.07, 6.45) is 0. The highest BCUT2D eigenvalue weighted by Gasteiger charge is 2.07. The molecule has 0 saturated heterocycles. The molecule has 0 unspecified atom stereocenters. The van der Waals surface area contributed by atoms with Crippen molar-refractivity contribution in [2.24, 2.45) is 0 Å². The third kappa shape index (κ3) is 4.72. The lowest BCUT2D eigenvalue weighted by Crippen LogP contribution is -2.29. The Hall–Kier alpha value is -1.78. The number of hydrogen-bond donors (Lipinski definition) is 2. The minimum absolute atomic E-state index is 0.0799. The predicted octanol–water partition coefficient (Wildman–Crippen LogP) is 0.855. The minimum Gasteiger partial charge on any atom is -0.479 e. The Morgan fingerprint density at radius 3 is 2.88 bits per heavy atom. The third-order valence-corrected chi connectivity index (χ3v) is 2.90. The molecule has 0 amide bonds. The summed E-state index contributed by atoms with van der Waals surface area (Å²) in [5, 5.41) is 8.36. The van der Waals surface area contributed by atoms with E-state index in [1.807, 2.05) is 6.07 Å². The monoisotopic (exact) mass is 255 g/mol. The molecule has 0 aliphatic carbocycles. The van der Waals surface area contributed by atoms with Gasteiger partial charge in [-0.2, -0.15) is 18.4 Å². The summed E-state index contributed by atoms with van der Waals surface area (Å²) < 4.78 is 32.5. The highest BCUT2D eigenvalue weighted by Crippen LogP contribution is 2.17. The van der Waals surface area contributed by atoms with Crippen LogP contribution in [-0.2, 0) is 10.2 Å². The molecule has 1 aromatic rings. The number of nitrogens with one attached hydrogen (secondary N) is 2. The second-order valence-corrected chi connectivity index (χ2v) is 4.58. The molecule has 0 aliphatic heterocycles. The van der Waals surface area contributed by atoms with Crippen LogP contribution in [0.25, 0.3) is 0 Å². The molecule has 0 atom stereocenters. The molecule has 0 heterocycles. The quantitative estimate of drug-likeness (QED) is 0.788. The zero-order valence-electron chi connectivity index (χ0n) is 9.30. The van der Waals surface area contributed by atoms with Crippen LogP contribution < -0.4 is 14.2 Å². The average molecular weight is 255 g/mol. The normalized spacial score (nSPS) is 10.6. The molecule has 7 heteroatoms. The van der Waals surface area contributed by atoms with Gasteiger partial charge in [-0.25, -0.2) is 0 Å². The fraction of sp³-hybridized carbons (Fsp3) is 0.300. The van der Waals surface area contributed by atoms with E-state index in [0.717, 1.165) is 0 Å². The molecule has 17 heavy (non-hydrogen) atoms. The van der Waals surface area contributed by atoms with Crippen LogP contribution in [0.15, 0.2) is 24.3 Å². The van der Waals surface area contributed by atoms with Crippen molar-refractivity contribution in [3.8, 4) is 11.8 Å². The number of rotatable bonds is 6. The van der Waals surface area contributed by atoms with Crippen molar-refractivity contribution in [1.82, 2.24) is 4.72 Å². The number of nitrogens with zero attached hydrogens (tertiary/aromatic N) is 1. The van der Waals surface area contributed by atoms with Crippen LogP contribution in [0.5, 0.6) is 5.75 Å². The van der Waals surface area contributed by atoms with E-state index in [-0.39, 0.29) is 6.61 Å². The van der Waals surface area contributed by atoms with Crippen LogP contribution in [0.4, 0.5) is 5.69 Å². The van der Waals surface area contributed by atoms with Gasteiger partial charge in [-0.1, -0.05) is 13.0 Å². The van der Waals surface area contributed by atoms with Gasteiger partial charge in [0, 0.05) is 12.6 Å². The average Bonchev–Trinajstić information content (AvgIpc) is 2.26. The smallest absolute Gasteiger partial charge is 0.299 e. The summed E-state index contributed by atoms with van der Waals surface area (Å²) in [6.45, 7) is 1.91. The number of anilines is 1. The van der Waals surface area contributed by atoms with E-state index in [0.29, 0.717) is 18.0 Å². The van der Waals surface area contributed by atoms with E-state index in [9.17, 15) is 8.42 Å². The highest BCUT2D eigenvalue weighted by molar-refractivity contribution is 7.90. The van der Waals surface area contributed by atoms with Gasteiger partial charge in [0.15, 0.2) is 6.61 Å². The van der Waals surface area contributed by atoms with E-state index in [1.165, 1.54) is 6.07 Å². The van der Waals surface area contributed by atoms with Gasteiger partial charge in [-0.05, 0) is 12.1 Å². The molecule has 0 aromatic heterocycles. The molecule has 0 fully saturated rings. The van der Waals surface area contributed by atoms with Crippen molar-refractivity contribution in [3.05, 3.63) is 24.3 Å². The third-order valence-electron chi connectivity index (χ3n) is 1.72. The van der Waals surface area contributed by atoms with Crippen molar-refractivity contribution in [1.29, 1.82) is 5.26 Å². The Kier molecular flexibility index (Phi) is 4.75. The lowest BCUT2D eigenvalue weighted by Gasteiger charge is -2.09. The lowest BCUT2D eigenvalue weighted by atomic mass is 10.3. The van der Waals surface area contributed by atoms with Gasteiger partial charge in [0.1, 0.15) is 11.8 Å². The topological polar surface area (TPSA) is 91.2 Å². The molecule has 0 aliphatic rings. The summed E-state index contributed by atoms with van der Waals surface area (Å²) in [5.74, 6) is 0.434. The largest absolute Gasteiger partial charge is 0.479 e. The zero-order chi connectivity index (χ0) is 12.7. The Morgan fingerprint density at radius 1 is 1.47 bits per heavy atom. The molecule has 2 N–H and O–H groups in total. The molecule has 0 radical (unpaired) electrons. The first-order chi connectivity index (χ1) is 8.07. The standard InChI is InChI=1S/C10H13N3O3S/c1-2-12-17(14,15)13-9-4-3-5-10(8-9)16-7-6-11/h3-5,8,12-13H,2,7H2,1H3. The molecule has 0 spiro atoms. The first-order valence-electron chi connectivity index (χ1n) is 4.94. The van der Waals surface area contributed by atoms with Crippen LogP contribution >= 0.6 is 0 Å². The Balaban J connectivity index is 2.76. The van der Waals surface area contributed by atoms with E-state index in [4.69, 9.17) is 10.00 Å². The van der Waals surface area contributed by atoms with Gasteiger partial charge in [-0.15, -0.1) is 0 Å². The summed E-state index contributed by atoms with van der Waals surface area (Å²) in [4.78, 5) is 0. The van der Waals surface area contributed by atoms with E-state index in [2.05, 4.69) is 9.44 Å². The van der Waals surface area contributed by atoms with Crippen LogP contribution in [0.2, 0.25) is 0 Å². The predicted molar refractivity (Wildman–Crippen MR) is 63.8 cm³/mol. The lowest BCUT2D eigenvalue weighted by molar-refractivity contribution is 0.368. The Morgan fingerprint density at radius 2 is 2.24 bits per heavy atom. The maximum Gasteiger partial charge on any atom is 0.299 e. The van der Waals surface area contributed by atoms with Crippen LogP contribution in [0.1, 0.15) is 6.92 Å². The van der Waals surface area contributed by atoms with E-state index in [1.54, 1.807) is 25.1 Å². The summed E-state index contributed by atoms with van der Waals surface area (Å²) in [5.41, 5.74) is 0.376.